The average Bonchev–Trinajstić information content (AvgIpc) is 2.93. The average molecular weight is 643 g/mol. The molecule has 3 rings (SSSR count). The van der Waals surface area contributed by atoms with Crippen molar-refractivity contribution in [2.24, 2.45) is 0 Å². The minimum atomic E-state index is -3.81. The first-order chi connectivity index (χ1) is 19.4. The fraction of sp³-hybridized carbons (Fsp3) is 0.375. The van der Waals surface area contributed by atoms with Crippen molar-refractivity contribution in [3.63, 3.8) is 0 Å². The molecular weight excluding hydrogens is 602 g/mol. The minimum Gasteiger partial charge on any atom is -0.352 e. The monoisotopic (exact) mass is 641 g/mol. The fourth-order valence-corrected chi connectivity index (χ4v) is 5.76. The molecule has 0 aliphatic heterocycles. The number of amides is 2. The van der Waals surface area contributed by atoms with Crippen molar-refractivity contribution in [3.05, 3.63) is 100 Å². The molecule has 1 N–H and O–H groups in total. The second-order valence-corrected chi connectivity index (χ2v) is 13.5. The Labute approximate surface area is 253 Å². The fourth-order valence-electron chi connectivity index (χ4n) is 4.47. The van der Waals surface area contributed by atoms with Crippen LogP contribution in [0.3, 0.4) is 0 Å². The topological polar surface area (TPSA) is 86.8 Å². The maximum Gasteiger partial charge on any atom is 0.244 e. The quantitative estimate of drug-likeness (QED) is 0.252. The van der Waals surface area contributed by atoms with Crippen molar-refractivity contribution in [2.45, 2.75) is 65.1 Å². The highest BCUT2D eigenvalue weighted by Gasteiger charge is 2.33. The standard InChI is InChI=1S/C32H40BrN3O4S/c1-6-24(4)34-32(38)30(20-25-11-8-7-9-12-25)35(21-26-13-10-14-28(33)19-26)31(37)22-36(41(5,39)40)29-17-15-27(16-18-29)23(2)3/h7-19,23-24,30H,6,20-22H2,1-5H3,(H,34,38)/t24-,30+/m0/s1. The third kappa shape index (κ3) is 9.43. The lowest BCUT2D eigenvalue weighted by Crippen LogP contribution is -2.54. The predicted molar refractivity (Wildman–Crippen MR) is 169 cm³/mol. The van der Waals surface area contributed by atoms with Crippen LogP contribution in [0.25, 0.3) is 0 Å². The van der Waals surface area contributed by atoms with Crippen LogP contribution in [-0.2, 0) is 32.6 Å². The highest BCUT2D eigenvalue weighted by atomic mass is 79.9. The van der Waals surface area contributed by atoms with Gasteiger partial charge in [-0.05, 0) is 60.2 Å². The third-order valence-electron chi connectivity index (χ3n) is 7.04. The summed E-state index contributed by atoms with van der Waals surface area (Å²) in [5.41, 5.74) is 3.17. The molecule has 0 saturated carbocycles. The van der Waals surface area contributed by atoms with Crippen molar-refractivity contribution in [1.82, 2.24) is 10.2 Å². The number of carbonyl (C=O) groups excluding carboxylic acids is 2. The van der Waals surface area contributed by atoms with E-state index < -0.39 is 28.5 Å². The number of nitrogens with zero attached hydrogens (tertiary/aromatic N) is 2. The van der Waals surface area contributed by atoms with E-state index in [1.165, 1.54) is 4.90 Å². The van der Waals surface area contributed by atoms with Crippen LogP contribution >= 0.6 is 15.9 Å². The molecule has 0 aliphatic carbocycles. The Bertz CT molecular complexity index is 1410. The summed E-state index contributed by atoms with van der Waals surface area (Å²) in [6.07, 6.45) is 2.11. The molecular formula is C32H40BrN3O4S. The molecule has 0 bridgehead atoms. The van der Waals surface area contributed by atoms with Gasteiger partial charge in [0.15, 0.2) is 0 Å². The number of sulfonamides is 1. The van der Waals surface area contributed by atoms with Gasteiger partial charge in [-0.3, -0.25) is 13.9 Å². The summed E-state index contributed by atoms with van der Waals surface area (Å²) >= 11 is 3.49. The molecule has 7 nitrogen and oxygen atoms in total. The number of rotatable bonds is 13. The largest absolute Gasteiger partial charge is 0.352 e. The van der Waals surface area contributed by atoms with Gasteiger partial charge >= 0.3 is 0 Å². The summed E-state index contributed by atoms with van der Waals surface area (Å²) in [6.45, 7) is 7.72. The van der Waals surface area contributed by atoms with E-state index in [1.54, 1.807) is 12.1 Å². The smallest absolute Gasteiger partial charge is 0.244 e. The van der Waals surface area contributed by atoms with E-state index in [2.05, 4.69) is 35.1 Å². The summed E-state index contributed by atoms with van der Waals surface area (Å²) in [5, 5.41) is 3.04. The minimum absolute atomic E-state index is 0.0874. The third-order valence-corrected chi connectivity index (χ3v) is 8.67. The zero-order chi connectivity index (χ0) is 30.2. The van der Waals surface area contributed by atoms with Gasteiger partial charge in [0.05, 0.1) is 11.9 Å². The van der Waals surface area contributed by atoms with Crippen LogP contribution in [0.15, 0.2) is 83.3 Å². The Morgan fingerprint density at radius 3 is 2.10 bits per heavy atom. The molecule has 3 aromatic rings. The first-order valence-electron chi connectivity index (χ1n) is 13.8. The zero-order valence-electron chi connectivity index (χ0n) is 24.4. The van der Waals surface area contributed by atoms with Gasteiger partial charge in [-0.1, -0.05) is 91.3 Å². The SMILES string of the molecule is CC[C@H](C)NC(=O)[C@@H](Cc1ccccc1)N(Cc1cccc(Br)c1)C(=O)CN(c1ccc(C(C)C)cc1)S(C)(=O)=O. The van der Waals surface area contributed by atoms with E-state index >= 15 is 0 Å². The van der Waals surface area contributed by atoms with E-state index in [0.29, 0.717) is 5.69 Å². The summed E-state index contributed by atoms with van der Waals surface area (Å²) in [5.74, 6) is -0.469. The number of hydrogen-bond donors (Lipinski definition) is 1. The highest BCUT2D eigenvalue weighted by Crippen LogP contribution is 2.24. The zero-order valence-corrected chi connectivity index (χ0v) is 26.8. The van der Waals surface area contributed by atoms with Crippen LogP contribution in [-0.4, -0.2) is 50.0 Å². The van der Waals surface area contributed by atoms with E-state index in [1.807, 2.05) is 80.6 Å². The summed E-state index contributed by atoms with van der Waals surface area (Å²) in [7, 11) is -3.81. The highest BCUT2D eigenvalue weighted by molar-refractivity contribution is 9.10. The number of anilines is 1. The van der Waals surface area contributed by atoms with E-state index in [4.69, 9.17) is 0 Å². The van der Waals surface area contributed by atoms with E-state index in [-0.39, 0.29) is 30.8 Å². The summed E-state index contributed by atoms with van der Waals surface area (Å²) < 4.78 is 27.9. The first-order valence-corrected chi connectivity index (χ1v) is 16.5. The lowest BCUT2D eigenvalue weighted by atomic mass is 10.0. The predicted octanol–water partition coefficient (Wildman–Crippen LogP) is 5.89. The molecule has 0 unspecified atom stereocenters. The molecule has 9 heteroatoms. The van der Waals surface area contributed by atoms with Gasteiger partial charge in [-0.25, -0.2) is 8.42 Å². The van der Waals surface area contributed by atoms with Crippen molar-refractivity contribution in [3.8, 4) is 0 Å². The van der Waals surface area contributed by atoms with Crippen molar-refractivity contribution in [2.75, 3.05) is 17.1 Å². The molecule has 220 valence electrons. The molecule has 0 fully saturated rings. The molecule has 0 aromatic heterocycles. The molecule has 0 radical (unpaired) electrons. The number of benzene rings is 3. The number of carbonyl (C=O) groups is 2. The molecule has 3 aromatic carbocycles. The molecule has 0 saturated heterocycles. The Morgan fingerprint density at radius 1 is 0.902 bits per heavy atom. The van der Waals surface area contributed by atoms with Crippen molar-refractivity contribution >= 4 is 43.5 Å². The lowest BCUT2D eigenvalue weighted by molar-refractivity contribution is -0.140. The van der Waals surface area contributed by atoms with Gasteiger partial charge in [-0.2, -0.15) is 0 Å². The Morgan fingerprint density at radius 2 is 1.54 bits per heavy atom. The van der Waals surface area contributed by atoms with E-state index in [0.717, 1.165) is 38.1 Å². The Hall–Kier alpha value is -3.17. The lowest BCUT2D eigenvalue weighted by Gasteiger charge is -2.34. The van der Waals surface area contributed by atoms with Crippen molar-refractivity contribution in [1.29, 1.82) is 0 Å². The summed E-state index contributed by atoms with van der Waals surface area (Å²) in [4.78, 5) is 29.4. The maximum absolute atomic E-state index is 14.2. The van der Waals surface area contributed by atoms with Gasteiger partial charge in [0, 0.05) is 23.5 Å². The number of hydrogen-bond acceptors (Lipinski definition) is 4. The maximum atomic E-state index is 14.2. The molecule has 2 atom stereocenters. The molecule has 0 spiro atoms. The molecule has 0 aliphatic rings. The number of halogens is 1. The van der Waals surface area contributed by atoms with Gasteiger partial charge < -0.3 is 10.2 Å². The van der Waals surface area contributed by atoms with Crippen molar-refractivity contribution < 1.29 is 18.0 Å². The van der Waals surface area contributed by atoms with Gasteiger partial charge in [-0.15, -0.1) is 0 Å². The van der Waals surface area contributed by atoms with Gasteiger partial charge in [0.1, 0.15) is 12.6 Å². The molecule has 0 heterocycles. The molecule has 41 heavy (non-hydrogen) atoms. The van der Waals surface area contributed by atoms with Crippen LogP contribution in [0.2, 0.25) is 0 Å². The summed E-state index contributed by atoms with van der Waals surface area (Å²) in [6, 6.07) is 23.3. The van der Waals surface area contributed by atoms with Crippen LogP contribution in [0.5, 0.6) is 0 Å². The Balaban J connectivity index is 2.05. The second-order valence-electron chi connectivity index (χ2n) is 10.7. The van der Waals surface area contributed by atoms with Gasteiger partial charge in [0.2, 0.25) is 21.8 Å². The van der Waals surface area contributed by atoms with Crippen LogP contribution < -0.4 is 9.62 Å². The van der Waals surface area contributed by atoms with Crippen LogP contribution in [0, 0.1) is 0 Å². The van der Waals surface area contributed by atoms with Gasteiger partial charge in [0.25, 0.3) is 0 Å². The number of nitrogens with one attached hydrogen (secondary N) is 1. The van der Waals surface area contributed by atoms with E-state index in [9.17, 15) is 18.0 Å². The first kappa shape index (κ1) is 32.3. The normalized spacial score (nSPS) is 13.0. The molecule has 2 amide bonds. The van der Waals surface area contributed by atoms with Crippen LogP contribution in [0.4, 0.5) is 5.69 Å². The Kier molecular flexibility index (Phi) is 11.5. The second kappa shape index (κ2) is 14.6. The van der Waals surface area contributed by atoms with Crippen LogP contribution in [0.1, 0.15) is 56.7 Å².